The van der Waals surface area contributed by atoms with Crippen LogP contribution >= 0.6 is 11.8 Å². The van der Waals surface area contributed by atoms with Gasteiger partial charge in [0.15, 0.2) is 0 Å². The van der Waals surface area contributed by atoms with Crippen LogP contribution in [0, 0.1) is 6.92 Å². The zero-order valence-electron chi connectivity index (χ0n) is 28.9. The van der Waals surface area contributed by atoms with Crippen molar-refractivity contribution in [3.63, 3.8) is 0 Å². The molecule has 0 saturated carbocycles. The maximum Gasteiger partial charge on any atom is 0.0688 e. The molecule has 3 heteroatoms. The van der Waals surface area contributed by atoms with Crippen LogP contribution in [0.2, 0.25) is 0 Å². The summed E-state index contributed by atoms with van der Waals surface area (Å²) in [6.07, 6.45) is 15.4. The van der Waals surface area contributed by atoms with Crippen LogP contribution in [0.5, 0.6) is 0 Å². The van der Waals surface area contributed by atoms with Gasteiger partial charge in [-0.2, -0.15) is 0 Å². The molecule has 0 spiro atoms. The first kappa shape index (κ1) is 32.0. The molecule has 5 aromatic rings. The second-order valence-corrected chi connectivity index (χ2v) is 14.7. The van der Waals surface area contributed by atoms with E-state index >= 15 is 0 Å². The number of fused-ring (bicyclic) bond motifs is 7. The summed E-state index contributed by atoms with van der Waals surface area (Å²) < 4.78 is 0. The molecule has 2 bridgehead atoms. The molecule has 0 amide bonds. The molecule has 0 aromatic heterocycles. The molecule has 2 aliphatic carbocycles. The second-order valence-electron chi connectivity index (χ2n) is 13.6. The van der Waals surface area contributed by atoms with Gasteiger partial charge in [-0.1, -0.05) is 144 Å². The van der Waals surface area contributed by atoms with Crippen LogP contribution in [0.3, 0.4) is 0 Å². The van der Waals surface area contributed by atoms with Crippen LogP contribution in [0.15, 0.2) is 178 Å². The number of hydrogen-bond donors (Lipinski definition) is 2. The number of aryl methyl sites for hydroxylation is 3. The van der Waals surface area contributed by atoms with Crippen molar-refractivity contribution in [3.05, 3.63) is 196 Å². The molecule has 2 nitrogen and oxygen atoms in total. The van der Waals surface area contributed by atoms with Crippen molar-refractivity contribution >= 4 is 23.1 Å². The molecule has 0 radical (unpaired) electrons. The quantitative estimate of drug-likeness (QED) is 0.161. The van der Waals surface area contributed by atoms with Crippen molar-refractivity contribution in [3.8, 4) is 22.3 Å². The standard InChI is InChI=1S/C47H42N2S/c1-31-22-26-38(27-23-31)48-33(3)14-6-4-9-18-37-28-32(2)45-42-29-36-25-24-35-17-10-11-19-39(35)41(36)30-44(42)50-47(37)46(45)49-43-21-13-12-20-40(43)34-15-7-5-8-16-34/h4-23,26-30,45-46,48-49H,24-25H2,1-3H3/b6-4-,18-9+,33-14+. The lowest BCUT2D eigenvalue weighted by Gasteiger charge is -2.41. The Balaban J connectivity index is 1.16. The predicted molar refractivity (Wildman–Crippen MR) is 215 cm³/mol. The van der Waals surface area contributed by atoms with Crippen molar-refractivity contribution in [2.45, 2.75) is 50.5 Å². The molecule has 0 saturated heterocycles. The minimum Gasteiger partial charge on any atom is -0.376 e. The van der Waals surface area contributed by atoms with Gasteiger partial charge in [-0.3, -0.25) is 0 Å². The minimum absolute atomic E-state index is 0.126. The first-order valence-corrected chi connectivity index (χ1v) is 18.4. The molecule has 0 fully saturated rings. The van der Waals surface area contributed by atoms with E-state index in [0.717, 1.165) is 24.2 Å². The van der Waals surface area contributed by atoms with E-state index in [1.807, 2.05) is 11.8 Å². The lowest BCUT2D eigenvalue weighted by Crippen LogP contribution is -2.35. The fourth-order valence-corrected chi connectivity index (χ4v) is 8.91. The molecule has 1 heterocycles. The van der Waals surface area contributed by atoms with E-state index in [9.17, 15) is 0 Å². The average molecular weight is 667 g/mol. The summed E-state index contributed by atoms with van der Waals surface area (Å²) in [6, 6.07) is 42.1. The zero-order chi connectivity index (χ0) is 34.0. The molecular weight excluding hydrogens is 625 g/mol. The molecular formula is C47H42N2S. The van der Waals surface area contributed by atoms with Crippen LogP contribution in [-0.2, 0) is 12.8 Å². The van der Waals surface area contributed by atoms with Crippen LogP contribution < -0.4 is 10.6 Å². The third-order valence-electron chi connectivity index (χ3n) is 10.1. The lowest BCUT2D eigenvalue weighted by atomic mass is 9.76. The highest BCUT2D eigenvalue weighted by atomic mass is 32.2. The van der Waals surface area contributed by atoms with Gasteiger partial charge < -0.3 is 10.6 Å². The van der Waals surface area contributed by atoms with Crippen LogP contribution in [-0.4, -0.2) is 6.04 Å². The van der Waals surface area contributed by atoms with Gasteiger partial charge in [0.1, 0.15) is 0 Å². The maximum absolute atomic E-state index is 4.10. The summed E-state index contributed by atoms with van der Waals surface area (Å²) in [5, 5.41) is 7.58. The van der Waals surface area contributed by atoms with E-state index in [1.165, 1.54) is 71.1 Å². The molecule has 3 aliphatic rings. The van der Waals surface area contributed by atoms with E-state index in [2.05, 4.69) is 183 Å². The van der Waals surface area contributed by atoms with Crippen LogP contribution in [0.25, 0.3) is 22.3 Å². The van der Waals surface area contributed by atoms with Crippen LogP contribution in [0.4, 0.5) is 11.4 Å². The Bertz CT molecular complexity index is 2220. The summed E-state index contributed by atoms with van der Waals surface area (Å²) in [7, 11) is 0. The number of benzene rings is 5. The van der Waals surface area contributed by atoms with Crippen molar-refractivity contribution in [2.24, 2.45) is 0 Å². The summed E-state index contributed by atoms with van der Waals surface area (Å²) in [5.41, 5.74) is 16.9. The highest BCUT2D eigenvalue weighted by molar-refractivity contribution is 8.03. The number of anilines is 2. The molecule has 2 unspecified atom stereocenters. The van der Waals surface area contributed by atoms with Gasteiger partial charge in [0.05, 0.1) is 6.04 Å². The topological polar surface area (TPSA) is 24.1 Å². The first-order chi connectivity index (χ1) is 24.5. The Morgan fingerprint density at radius 3 is 2.30 bits per heavy atom. The molecule has 2 N–H and O–H groups in total. The van der Waals surface area contributed by atoms with Gasteiger partial charge in [0.25, 0.3) is 0 Å². The summed E-state index contributed by atoms with van der Waals surface area (Å²) in [6.45, 7) is 6.53. The van der Waals surface area contributed by atoms with Gasteiger partial charge in [-0.25, -0.2) is 0 Å². The molecule has 8 rings (SSSR count). The van der Waals surface area contributed by atoms with Crippen molar-refractivity contribution < 1.29 is 0 Å². The number of thioether (sulfide) groups is 1. The number of hydrogen-bond acceptors (Lipinski definition) is 3. The third-order valence-corrected chi connectivity index (χ3v) is 11.4. The van der Waals surface area contributed by atoms with Gasteiger partial charge >= 0.3 is 0 Å². The first-order valence-electron chi connectivity index (χ1n) is 17.6. The zero-order valence-corrected chi connectivity index (χ0v) is 29.7. The smallest absolute Gasteiger partial charge is 0.0688 e. The number of rotatable bonds is 8. The summed E-state index contributed by atoms with van der Waals surface area (Å²) >= 11 is 1.94. The summed E-state index contributed by atoms with van der Waals surface area (Å²) in [4.78, 5) is 2.75. The number of para-hydroxylation sites is 1. The molecule has 1 aliphatic heterocycles. The Labute approximate surface area is 301 Å². The molecule has 50 heavy (non-hydrogen) atoms. The largest absolute Gasteiger partial charge is 0.376 e. The SMILES string of the molecule is CC1=CC(/C=C/C=C\C=C(/C)Nc2ccc(C)cc2)=C2Sc3cc4c(cc3C1C2Nc1ccccc1-c1ccccc1)CCc1ccccc1-4. The van der Waals surface area contributed by atoms with Gasteiger partial charge in [0, 0.05) is 38.4 Å². The van der Waals surface area contributed by atoms with Crippen LogP contribution in [0.1, 0.15) is 42.0 Å². The van der Waals surface area contributed by atoms with Crippen molar-refractivity contribution in [1.29, 1.82) is 0 Å². The van der Waals surface area contributed by atoms with Gasteiger partial charge in [-0.15, -0.1) is 0 Å². The van der Waals surface area contributed by atoms with Gasteiger partial charge in [0.2, 0.25) is 0 Å². The Morgan fingerprint density at radius 2 is 1.46 bits per heavy atom. The van der Waals surface area contributed by atoms with Gasteiger partial charge in [-0.05, 0) is 103 Å². The fraction of sp³-hybridized carbons (Fsp3) is 0.149. The minimum atomic E-state index is 0.126. The molecule has 5 aromatic carbocycles. The third kappa shape index (κ3) is 6.42. The Hall–Kier alpha value is -5.25. The highest BCUT2D eigenvalue weighted by Crippen LogP contribution is 2.54. The number of allylic oxidation sites excluding steroid dienone is 8. The van der Waals surface area contributed by atoms with Crippen molar-refractivity contribution in [1.82, 2.24) is 0 Å². The van der Waals surface area contributed by atoms with E-state index in [-0.39, 0.29) is 12.0 Å². The van der Waals surface area contributed by atoms with Crippen molar-refractivity contribution in [2.75, 3.05) is 10.6 Å². The number of nitrogens with one attached hydrogen (secondary N) is 2. The molecule has 2 atom stereocenters. The normalized spacial score (nSPS) is 18.1. The monoisotopic (exact) mass is 666 g/mol. The van der Waals surface area contributed by atoms with E-state index < -0.39 is 0 Å². The fourth-order valence-electron chi connectivity index (χ4n) is 7.62. The van der Waals surface area contributed by atoms with E-state index in [0.29, 0.717) is 0 Å². The predicted octanol–water partition coefficient (Wildman–Crippen LogP) is 12.4. The highest BCUT2D eigenvalue weighted by Gasteiger charge is 2.39. The summed E-state index contributed by atoms with van der Waals surface area (Å²) in [5.74, 6) is 0.249. The van der Waals surface area contributed by atoms with E-state index in [4.69, 9.17) is 0 Å². The Morgan fingerprint density at radius 1 is 0.720 bits per heavy atom. The average Bonchev–Trinajstić information content (AvgIpc) is 3.14. The molecule has 246 valence electrons. The second kappa shape index (κ2) is 13.9. The lowest BCUT2D eigenvalue weighted by molar-refractivity contribution is 0.681. The maximum atomic E-state index is 4.10. The van der Waals surface area contributed by atoms with E-state index in [1.54, 1.807) is 0 Å². The Kier molecular flexibility index (Phi) is 8.91.